The number of ether oxygens (including phenoxy) is 2. The van der Waals surface area contributed by atoms with Crippen LogP contribution in [0.5, 0.6) is 11.5 Å². The molecule has 27 heavy (non-hydrogen) atoms. The lowest BCUT2D eigenvalue weighted by molar-refractivity contribution is -0.287. The van der Waals surface area contributed by atoms with E-state index in [4.69, 9.17) is 10.8 Å². The fourth-order valence-electron chi connectivity index (χ4n) is 2.50. The molecule has 11 heteroatoms. The number of alkyl halides is 6. The number of rotatable bonds is 8. The molecule has 0 amide bonds. The highest BCUT2D eigenvalue weighted by molar-refractivity contribution is 5.70. The van der Waals surface area contributed by atoms with Crippen LogP contribution in [0.2, 0.25) is 0 Å². The molecule has 0 bridgehead atoms. The van der Waals surface area contributed by atoms with Crippen LogP contribution < -0.4 is 15.2 Å². The monoisotopic (exact) mass is 403 g/mol. The predicted molar refractivity (Wildman–Crippen MR) is 82.2 cm³/mol. The highest BCUT2D eigenvalue weighted by atomic mass is 19.4. The first kappa shape index (κ1) is 22.9. The van der Waals surface area contributed by atoms with Crippen molar-refractivity contribution in [2.24, 2.45) is 17.6 Å². The van der Waals surface area contributed by atoms with Gasteiger partial charge in [0.05, 0.1) is 5.92 Å². The maximum atomic E-state index is 12.5. The molecule has 0 aliphatic carbocycles. The highest BCUT2D eigenvalue weighted by Gasteiger charge is 2.37. The second-order valence-electron chi connectivity index (χ2n) is 6.07. The topological polar surface area (TPSA) is 81.8 Å². The van der Waals surface area contributed by atoms with Gasteiger partial charge < -0.3 is 20.3 Å². The van der Waals surface area contributed by atoms with Crippen LogP contribution in [0.3, 0.4) is 0 Å². The third-order valence-electron chi connectivity index (χ3n) is 4.09. The lowest BCUT2D eigenvalue weighted by Gasteiger charge is -2.24. The maximum Gasteiger partial charge on any atom is 0.573 e. The number of hydrogen-bond donors (Lipinski definition) is 2. The van der Waals surface area contributed by atoms with E-state index in [0.717, 1.165) is 12.1 Å². The van der Waals surface area contributed by atoms with Crippen molar-refractivity contribution in [3.05, 3.63) is 23.8 Å². The van der Waals surface area contributed by atoms with Gasteiger partial charge in [0.15, 0.2) is 11.5 Å². The summed E-state index contributed by atoms with van der Waals surface area (Å²) in [6.45, 7) is 3.16. The molecular weight excluding hydrogens is 384 g/mol. The molecule has 0 fully saturated rings. The van der Waals surface area contributed by atoms with Gasteiger partial charge in [-0.15, -0.1) is 26.3 Å². The molecular formula is C16H19F6NO4. The van der Waals surface area contributed by atoms with Crippen molar-refractivity contribution >= 4 is 5.97 Å². The molecule has 1 rings (SSSR count). The molecule has 3 N–H and O–H groups in total. The number of carbonyl (C=O) groups is 1. The van der Waals surface area contributed by atoms with Crippen LogP contribution >= 0.6 is 0 Å². The first-order valence-corrected chi connectivity index (χ1v) is 7.81. The minimum atomic E-state index is -5.22. The molecule has 0 aliphatic heterocycles. The van der Waals surface area contributed by atoms with E-state index < -0.39 is 42.0 Å². The van der Waals surface area contributed by atoms with Crippen molar-refractivity contribution in [1.82, 2.24) is 0 Å². The summed E-state index contributed by atoms with van der Waals surface area (Å²) in [5.74, 6) is -5.02. The van der Waals surface area contributed by atoms with Gasteiger partial charge in [-0.05, 0) is 36.0 Å². The Morgan fingerprint density at radius 1 is 1.07 bits per heavy atom. The van der Waals surface area contributed by atoms with Crippen molar-refractivity contribution in [3.8, 4) is 11.5 Å². The zero-order chi connectivity index (χ0) is 21.0. The largest absolute Gasteiger partial charge is 0.573 e. The summed E-state index contributed by atoms with van der Waals surface area (Å²) in [6.07, 6.45) is -10.3. The minimum Gasteiger partial charge on any atom is -0.481 e. The van der Waals surface area contributed by atoms with Gasteiger partial charge in [0.2, 0.25) is 0 Å². The molecule has 0 aliphatic rings. The van der Waals surface area contributed by atoms with Gasteiger partial charge in [0.25, 0.3) is 0 Å². The van der Waals surface area contributed by atoms with Gasteiger partial charge in [0.1, 0.15) is 0 Å². The number of carboxylic acids is 1. The van der Waals surface area contributed by atoms with E-state index in [2.05, 4.69) is 9.47 Å². The number of aliphatic carboxylic acids is 1. The molecule has 0 heterocycles. The third kappa shape index (κ3) is 7.53. The molecule has 0 saturated heterocycles. The van der Waals surface area contributed by atoms with E-state index in [1.54, 1.807) is 13.8 Å². The summed E-state index contributed by atoms with van der Waals surface area (Å²) in [7, 11) is 0. The quantitative estimate of drug-likeness (QED) is 0.634. The summed E-state index contributed by atoms with van der Waals surface area (Å²) >= 11 is 0. The Kier molecular flexibility index (Phi) is 7.35. The van der Waals surface area contributed by atoms with Gasteiger partial charge in [-0.2, -0.15) is 0 Å². The summed E-state index contributed by atoms with van der Waals surface area (Å²) < 4.78 is 81.9. The fourth-order valence-corrected chi connectivity index (χ4v) is 2.50. The smallest absolute Gasteiger partial charge is 0.481 e. The van der Waals surface area contributed by atoms with Gasteiger partial charge in [-0.25, -0.2) is 0 Å². The first-order valence-electron chi connectivity index (χ1n) is 7.81. The van der Waals surface area contributed by atoms with Crippen LogP contribution in [-0.4, -0.2) is 30.3 Å². The van der Waals surface area contributed by atoms with Crippen LogP contribution in [0.15, 0.2) is 18.2 Å². The SMILES string of the molecule is CC(CC(CN)C(=O)O)C(C)c1ccc(OC(F)(F)F)c(OC(F)(F)F)c1. The van der Waals surface area contributed by atoms with Crippen molar-refractivity contribution < 1.29 is 45.7 Å². The number of nitrogens with two attached hydrogens (primary N) is 1. The minimum absolute atomic E-state index is 0.118. The lowest BCUT2D eigenvalue weighted by Crippen LogP contribution is -2.26. The molecule has 0 aromatic heterocycles. The van der Waals surface area contributed by atoms with Crippen molar-refractivity contribution in [3.63, 3.8) is 0 Å². The van der Waals surface area contributed by atoms with Crippen molar-refractivity contribution in [2.75, 3.05) is 6.54 Å². The average Bonchev–Trinajstić information content (AvgIpc) is 2.50. The van der Waals surface area contributed by atoms with Crippen LogP contribution in [0.4, 0.5) is 26.3 Å². The summed E-state index contributed by atoms with van der Waals surface area (Å²) in [5.41, 5.74) is 5.62. The Labute approximate surface area is 151 Å². The van der Waals surface area contributed by atoms with E-state index in [-0.39, 0.29) is 24.4 Å². The van der Waals surface area contributed by atoms with E-state index >= 15 is 0 Å². The lowest BCUT2D eigenvalue weighted by atomic mass is 9.82. The van der Waals surface area contributed by atoms with Gasteiger partial charge >= 0.3 is 18.7 Å². The number of halogens is 6. The second kappa shape index (κ2) is 8.68. The highest BCUT2D eigenvalue weighted by Crippen LogP contribution is 2.39. The molecule has 1 aromatic rings. The van der Waals surface area contributed by atoms with Gasteiger partial charge in [-0.3, -0.25) is 4.79 Å². The van der Waals surface area contributed by atoms with E-state index in [0.29, 0.717) is 0 Å². The van der Waals surface area contributed by atoms with E-state index in [9.17, 15) is 31.1 Å². The van der Waals surface area contributed by atoms with Crippen LogP contribution in [-0.2, 0) is 4.79 Å². The van der Waals surface area contributed by atoms with Crippen LogP contribution in [0.1, 0.15) is 31.7 Å². The summed E-state index contributed by atoms with van der Waals surface area (Å²) in [5, 5.41) is 9.04. The van der Waals surface area contributed by atoms with Crippen molar-refractivity contribution in [1.29, 1.82) is 0 Å². The molecule has 1 aromatic carbocycles. The Balaban J connectivity index is 3.13. The van der Waals surface area contributed by atoms with Gasteiger partial charge in [0, 0.05) is 6.54 Å². The Bertz CT molecular complexity index is 647. The zero-order valence-corrected chi connectivity index (χ0v) is 14.4. The number of benzene rings is 1. The average molecular weight is 403 g/mol. The fraction of sp³-hybridized carbons (Fsp3) is 0.562. The van der Waals surface area contributed by atoms with Crippen LogP contribution in [0, 0.1) is 11.8 Å². The normalized spacial score (nSPS) is 15.7. The van der Waals surface area contributed by atoms with E-state index in [1.165, 1.54) is 6.07 Å². The molecule has 5 nitrogen and oxygen atoms in total. The zero-order valence-electron chi connectivity index (χ0n) is 14.4. The molecule has 3 unspecified atom stereocenters. The molecule has 3 atom stereocenters. The van der Waals surface area contributed by atoms with Gasteiger partial charge in [-0.1, -0.05) is 19.9 Å². The third-order valence-corrected chi connectivity index (χ3v) is 4.09. The Morgan fingerprint density at radius 2 is 1.59 bits per heavy atom. The molecule has 0 saturated carbocycles. The predicted octanol–water partition coefficient (Wildman–Crippen LogP) is 4.27. The molecule has 0 spiro atoms. The summed E-state index contributed by atoms with van der Waals surface area (Å²) in [6, 6.07) is 2.70. The molecule has 154 valence electrons. The first-order chi connectivity index (χ1) is 12.2. The summed E-state index contributed by atoms with van der Waals surface area (Å²) in [4.78, 5) is 11.1. The van der Waals surface area contributed by atoms with Crippen molar-refractivity contribution in [2.45, 2.75) is 38.9 Å². The number of carboxylic acid groups (broad SMARTS) is 1. The maximum absolute atomic E-state index is 12.5. The Hall–Kier alpha value is -2.17. The van der Waals surface area contributed by atoms with E-state index in [1.807, 2.05) is 0 Å². The number of hydrogen-bond acceptors (Lipinski definition) is 4. The standard InChI is InChI=1S/C16H19F6NO4/c1-8(5-11(7-23)14(24)25)9(2)10-3-4-12(26-15(17,18)19)13(6-10)27-16(20,21)22/h3-4,6,8-9,11H,5,7,23H2,1-2H3,(H,24,25). The van der Waals surface area contributed by atoms with Crippen LogP contribution in [0.25, 0.3) is 0 Å². The Morgan fingerprint density at radius 3 is 2.04 bits per heavy atom. The molecule has 0 radical (unpaired) electrons. The second-order valence-corrected chi connectivity index (χ2v) is 6.07.